The Kier molecular flexibility index (Phi) is 5.33. The van der Waals surface area contributed by atoms with Gasteiger partial charge in [-0.3, -0.25) is 4.79 Å². The van der Waals surface area contributed by atoms with E-state index in [0.717, 1.165) is 6.42 Å². The number of aromatic nitrogens is 2. The van der Waals surface area contributed by atoms with Gasteiger partial charge < -0.3 is 10.6 Å². The molecule has 0 radical (unpaired) electrons. The normalized spacial score (nSPS) is 21.5. The fraction of sp³-hybridized carbons (Fsp3) is 0.643. The number of nitrogens with zero attached hydrogens (tertiary/aromatic N) is 2. The number of carbonyl (C=O) groups is 1. The molecule has 2 atom stereocenters. The van der Waals surface area contributed by atoms with Gasteiger partial charge in [0.05, 0.1) is 5.92 Å². The maximum Gasteiger partial charge on any atom is 0.421 e. The Labute approximate surface area is 137 Å². The molecule has 0 saturated heterocycles. The van der Waals surface area contributed by atoms with Crippen LogP contribution in [0.2, 0.25) is 5.28 Å². The van der Waals surface area contributed by atoms with E-state index in [-0.39, 0.29) is 23.1 Å². The molecule has 1 amide bonds. The molecule has 2 rings (SSSR count). The average molecular weight is 351 g/mol. The molecular weight excluding hydrogens is 333 g/mol. The van der Waals surface area contributed by atoms with Crippen LogP contribution in [0, 0.1) is 5.92 Å². The summed E-state index contributed by atoms with van der Waals surface area (Å²) in [5.74, 6) is -0.942. The van der Waals surface area contributed by atoms with Gasteiger partial charge in [-0.15, -0.1) is 0 Å². The van der Waals surface area contributed by atoms with E-state index in [2.05, 4.69) is 20.6 Å². The van der Waals surface area contributed by atoms with E-state index in [1.54, 1.807) is 0 Å². The molecule has 0 bridgehead atoms. The van der Waals surface area contributed by atoms with Crippen molar-refractivity contribution in [1.29, 1.82) is 0 Å². The maximum absolute atomic E-state index is 13.0. The zero-order chi connectivity index (χ0) is 17.2. The van der Waals surface area contributed by atoms with Crippen LogP contribution in [0.25, 0.3) is 0 Å². The first-order valence-electron chi connectivity index (χ1n) is 7.35. The van der Waals surface area contributed by atoms with E-state index in [4.69, 9.17) is 11.6 Å². The Bertz CT molecular complexity index is 580. The molecule has 0 spiro atoms. The Hall–Kier alpha value is -1.57. The number of anilines is 1. The van der Waals surface area contributed by atoms with Gasteiger partial charge in [0.15, 0.2) is 0 Å². The summed E-state index contributed by atoms with van der Waals surface area (Å²) in [5, 5.41) is 5.27. The first-order chi connectivity index (χ1) is 10.7. The third kappa shape index (κ3) is 4.46. The number of nitrogens with one attached hydrogen (secondary N) is 2. The zero-order valence-corrected chi connectivity index (χ0v) is 13.5. The van der Waals surface area contributed by atoms with Crippen LogP contribution >= 0.6 is 11.6 Å². The van der Waals surface area contributed by atoms with Gasteiger partial charge in [0.1, 0.15) is 11.4 Å². The molecular formula is C14H18ClF3N4O. The van der Waals surface area contributed by atoms with E-state index >= 15 is 0 Å². The van der Waals surface area contributed by atoms with Gasteiger partial charge in [-0.1, -0.05) is 6.42 Å². The number of halogens is 4. The fourth-order valence-electron chi connectivity index (χ4n) is 2.69. The molecule has 9 heteroatoms. The van der Waals surface area contributed by atoms with Crippen molar-refractivity contribution in [2.75, 3.05) is 5.32 Å². The lowest BCUT2D eigenvalue weighted by Gasteiger charge is -2.23. The summed E-state index contributed by atoms with van der Waals surface area (Å²) in [6.07, 6.45) is -1.98. The lowest BCUT2D eigenvalue weighted by atomic mass is 10.0. The van der Waals surface area contributed by atoms with Gasteiger partial charge in [-0.05, 0) is 38.3 Å². The lowest BCUT2D eigenvalue weighted by molar-refractivity contribution is -0.137. The summed E-state index contributed by atoms with van der Waals surface area (Å²) < 4.78 is 39.1. The predicted molar refractivity (Wildman–Crippen MR) is 80.1 cm³/mol. The van der Waals surface area contributed by atoms with Gasteiger partial charge in [-0.25, -0.2) is 9.97 Å². The van der Waals surface area contributed by atoms with Crippen LogP contribution in [0.4, 0.5) is 19.0 Å². The summed E-state index contributed by atoms with van der Waals surface area (Å²) in [5.41, 5.74) is -0.989. The number of hydrogen-bond acceptors (Lipinski definition) is 4. The molecule has 0 aromatic carbocycles. The number of carbonyl (C=O) groups excluding carboxylic acids is 1. The van der Waals surface area contributed by atoms with E-state index in [9.17, 15) is 18.0 Å². The molecule has 1 saturated carbocycles. The monoisotopic (exact) mass is 350 g/mol. The second-order valence-corrected chi connectivity index (χ2v) is 6.19. The molecule has 0 aliphatic heterocycles. The van der Waals surface area contributed by atoms with Crippen molar-refractivity contribution in [2.24, 2.45) is 5.92 Å². The molecule has 1 unspecified atom stereocenters. The van der Waals surface area contributed by atoms with Gasteiger partial charge in [0, 0.05) is 18.3 Å². The highest BCUT2D eigenvalue weighted by atomic mass is 35.5. The van der Waals surface area contributed by atoms with Crippen LogP contribution < -0.4 is 10.6 Å². The second kappa shape index (κ2) is 6.90. The van der Waals surface area contributed by atoms with E-state index in [1.165, 1.54) is 0 Å². The highest BCUT2D eigenvalue weighted by Crippen LogP contribution is 2.36. The third-order valence-electron chi connectivity index (χ3n) is 3.67. The van der Waals surface area contributed by atoms with Gasteiger partial charge in [0.25, 0.3) is 0 Å². The number of alkyl halides is 3. The fourth-order valence-corrected chi connectivity index (χ4v) is 2.82. The molecule has 1 heterocycles. The topological polar surface area (TPSA) is 66.9 Å². The smallest absolute Gasteiger partial charge is 0.366 e. The van der Waals surface area contributed by atoms with Crippen LogP contribution in [-0.4, -0.2) is 28.0 Å². The molecule has 1 aromatic heterocycles. The van der Waals surface area contributed by atoms with E-state index in [0.29, 0.717) is 19.0 Å². The average Bonchev–Trinajstić information content (AvgIpc) is 2.84. The minimum Gasteiger partial charge on any atom is -0.366 e. The number of hydrogen-bond donors (Lipinski definition) is 2. The lowest BCUT2D eigenvalue weighted by Crippen LogP contribution is -2.41. The maximum atomic E-state index is 13.0. The summed E-state index contributed by atoms with van der Waals surface area (Å²) in [7, 11) is 0. The Morgan fingerprint density at radius 1 is 1.39 bits per heavy atom. The third-order valence-corrected chi connectivity index (χ3v) is 3.85. The summed E-state index contributed by atoms with van der Waals surface area (Å²) in [6, 6.07) is -0.441. The van der Waals surface area contributed by atoms with Crippen molar-refractivity contribution in [1.82, 2.24) is 15.3 Å². The van der Waals surface area contributed by atoms with Crippen LogP contribution in [0.1, 0.15) is 38.7 Å². The zero-order valence-electron chi connectivity index (χ0n) is 12.7. The van der Waals surface area contributed by atoms with Gasteiger partial charge in [-0.2, -0.15) is 13.2 Å². The molecule has 1 fully saturated rings. The number of amides is 1. The SMILES string of the molecule is CC(C)NC(=O)[C@H]1CCCC1Nc1nc(Cl)ncc1C(F)(F)F. The highest BCUT2D eigenvalue weighted by Gasteiger charge is 2.38. The van der Waals surface area contributed by atoms with Gasteiger partial charge >= 0.3 is 6.18 Å². The van der Waals surface area contributed by atoms with Crippen LogP contribution in [0.3, 0.4) is 0 Å². The molecule has 1 aliphatic rings. The summed E-state index contributed by atoms with van der Waals surface area (Å²) in [4.78, 5) is 19.2. The molecule has 5 nitrogen and oxygen atoms in total. The summed E-state index contributed by atoms with van der Waals surface area (Å²) >= 11 is 5.61. The van der Waals surface area contributed by atoms with Crippen LogP contribution in [0.15, 0.2) is 6.20 Å². The van der Waals surface area contributed by atoms with Gasteiger partial charge in [0.2, 0.25) is 11.2 Å². The molecule has 128 valence electrons. The largest absolute Gasteiger partial charge is 0.421 e. The Morgan fingerprint density at radius 2 is 2.09 bits per heavy atom. The van der Waals surface area contributed by atoms with Crippen molar-refractivity contribution < 1.29 is 18.0 Å². The molecule has 1 aromatic rings. The summed E-state index contributed by atoms with van der Waals surface area (Å²) in [6.45, 7) is 3.67. The second-order valence-electron chi connectivity index (χ2n) is 5.85. The molecule has 23 heavy (non-hydrogen) atoms. The first-order valence-corrected chi connectivity index (χ1v) is 7.73. The minimum absolute atomic E-state index is 0.0250. The van der Waals surface area contributed by atoms with Crippen LogP contribution in [0.5, 0.6) is 0 Å². The molecule has 1 aliphatic carbocycles. The van der Waals surface area contributed by atoms with Crippen molar-refractivity contribution in [3.05, 3.63) is 17.0 Å². The molecule has 2 N–H and O–H groups in total. The quantitative estimate of drug-likeness (QED) is 0.818. The highest BCUT2D eigenvalue weighted by molar-refractivity contribution is 6.28. The van der Waals surface area contributed by atoms with Crippen molar-refractivity contribution in [3.8, 4) is 0 Å². The van der Waals surface area contributed by atoms with Crippen molar-refractivity contribution in [3.63, 3.8) is 0 Å². The minimum atomic E-state index is -4.60. The van der Waals surface area contributed by atoms with Crippen LogP contribution in [-0.2, 0) is 11.0 Å². The van der Waals surface area contributed by atoms with Crippen molar-refractivity contribution in [2.45, 2.75) is 51.4 Å². The Morgan fingerprint density at radius 3 is 2.70 bits per heavy atom. The van der Waals surface area contributed by atoms with E-state index in [1.807, 2.05) is 13.8 Å². The predicted octanol–water partition coefficient (Wildman–Crippen LogP) is 3.25. The van der Waals surface area contributed by atoms with E-state index < -0.39 is 23.7 Å². The standard InChI is InChI=1S/C14H18ClF3N4O/c1-7(2)20-12(23)8-4-3-5-10(8)21-11-9(14(16,17)18)6-19-13(15)22-11/h6-8,10H,3-5H2,1-2H3,(H,20,23)(H,19,21,22)/t8-,10?/m0/s1. The number of rotatable bonds is 4. The Balaban J connectivity index is 2.21. The first kappa shape index (κ1) is 17.8. The van der Waals surface area contributed by atoms with Crippen molar-refractivity contribution >= 4 is 23.3 Å².